The van der Waals surface area contributed by atoms with E-state index in [-0.39, 0.29) is 0 Å². The van der Waals surface area contributed by atoms with Gasteiger partial charge in [-0.15, -0.1) is 0 Å². The molecule has 0 saturated carbocycles. The lowest BCUT2D eigenvalue weighted by molar-refractivity contribution is -0.132. The number of hydrogen-bond acceptors (Lipinski definition) is 4. The first kappa shape index (κ1) is 20.7. The maximum absolute atomic E-state index is 12.2. The molecule has 2 amide bonds. The number of amides is 2. The second kappa shape index (κ2) is 9.95. The number of nitrogens with one attached hydrogen (secondary N) is 4. The summed E-state index contributed by atoms with van der Waals surface area (Å²) in [7, 11) is 0. The van der Waals surface area contributed by atoms with Gasteiger partial charge in [0.15, 0.2) is 0 Å². The van der Waals surface area contributed by atoms with Crippen LogP contribution in [0.1, 0.15) is 0 Å². The van der Waals surface area contributed by atoms with E-state index in [0.29, 0.717) is 11.4 Å². The van der Waals surface area contributed by atoms with Gasteiger partial charge in [0.05, 0.1) is 0 Å². The molecule has 0 aliphatic rings. The van der Waals surface area contributed by atoms with Crippen molar-refractivity contribution in [3.63, 3.8) is 0 Å². The Morgan fingerprint density at radius 1 is 0.375 bits per heavy atom. The monoisotopic (exact) mass is 422 g/mol. The largest absolute Gasteiger partial charge is 0.356 e. The van der Waals surface area contributed by atoms with Crippen LogP contribution in [-0.2, 0) is 9.59 Å². The lowest BCUT2D eigenvalue weighted by Gasteiger charge is -2.10. The Hall–Kier alpha value is -4.58. The summed E-state index contributed by atoms with van der Waals surface area (Å²) in [5.41, 5.74) is 4.75. The molecule has 4 aromatic rings. The van der Waals surface area contributed by atoms with Gasteiger partial charge in [0.2, 0.25) is 0 Å². The highest BCUT2D eigenvalue weighted by atomic mass is 16.2. The first-order valence-corrected chi connectivity index (χ1v) is 10.1. The van der Waals surface area contributed by atoms with Gasteiger partial charge in [-0.3, -0.25) is 9.59 Å². The average molecular weight is 422 g/mol. The minimum absolute atomic E-state index is 0.533. The SMILES string of the molecule is O=C(Nc1ccc(Nc2ccccc2)cc1)C(=O)Nc1ccc(Nc2ccccc2)cc1. The van der Waals surface area contributed by atoms with Crippen molar-refractivity contribution in [1.29, 1.82) is 0 Å². The van der Waals surface area contributed by atoms with E-state index in [0.717, 1.165) is 22.7 Å². The average Bonchev–Trinajstić information content (AvgIpc) is 2.83. The summed E-state index contributed by atoms with van der Waals surface area (Å²) < 4.78 is 0. The normalized spacial score (nSPS) is 10.1. The molecule has 0 aliphatic heterocycles. The van der Waals surface area contributed by atoms with Gasteiger partial charge in [-0.2, -0.15) is 0 Å². The smallest absolute Gasteiger partial charge is 0.314 e. The molecule has 0 unspecified atom stereocenters. The molecule has 0 bridgehead atoms. The molecule has 6 nitrogen and oxygen atoms in total. The molecule has 4 N–H and O–H groups in total. The summed E-state index contributed by atoms with van der Waals surface area (Å²) in [5, 5.41) is 11.7. The van der Waals surface area contributed by atoms with Crippen LogP contribution in [0.3, 0.4) is 0 Å². The first-order valence-electron chi connectivity index (χ1n) is 10.1. The number of carbonyl (C=O) groups excluding carboxylic acids is 2. The molecule has 4 aromatic carbocycles. The predicted octanol–water partition coefficient (Wildman–Crippen LogP) is 5.75. The van der Waals surface area contributed by atoms with Gasteiger partial charge in [0.1, 0.15) is 0 Å². The van der Waals surface area contributed by atoms with Crippen LogP contribution < -0.4 is 21.3 Å². The molecule has 0 aromatic heterocycles. The number of para-hydroxylation sites is 2. The van der Waals surface area contributed by atoms with Crippen LogP contribution in [-0.4, -0.2) is 11.8 Å². The second-order valence-electron chi connectivity index (χ2n) is 7.04. The molecule has 6 heteroatoms. The molecule has 0 aliphatic carbocycles. The maximum atomic E-state index is 12.2. The van der Waals surface area contributed by atoms with E-state index >= 15 is 0 Å². The highest BCUT2D eigenvalue weighted by molar-refractivity contribution is 6.43. The van der Waals surface area contributed by atoms with Crippen molar-refractivity contribution in [2.75, 3.05) is 21.3 Å². The molecule has 158 valence electrons. The Bertz CT molecular complexity index is 1080. The summed E-state index contributed by atoms with van der Waals surface area (Å²) in [4.78, 5) is 24.5. The van der Waals surface area contributed by atoms with E-state index in [1.165, 1.54) is 0 Å². The number of carbonyl (C=O) groups is 2. The quantitative estimate of drug-likeness (QED) is 0.298. The molecule has 0 radical (unpaired) electrons. The van der Waals surface area contributed by atoms with Crippen LogP contribution in [0.15, 0.2) is 109 Å². The minimum Gasteiger partial charge on any atom is -0.356 e. The molecule has 32 heavy (non-hydrogen) atoms. The Kier molecular flexibility index (Phi) is 6.43. The third-order valence-corrected chi connectivity index (χ3v) is 4.62. The van der Waals surface area contributed by atoms with Crippen molar-refractivity contribution >= 4 is 45.9 Å². The van der Waals surface area contributed by atoms with E-state index in [9.17, 15) is 9.59 Å². The molecule has 0 saturated heterocycles. The van der Waals surface area contributed by atoms with Crippen LogP contribution in [0.25, 0.3) is 0 Å². The Morgan fingerprint density at radius 2 is 0.656 bits per heavy atom. The number of anilines is 6. The summed E-state index contributed by atoms with van der Waals surface area (Å²) in [6, 6.07) is 33.8. The summed E-state index contributed by atoms with van der Waals surface area (Å²) in [5.74, 6) is -1.47. The van der Waals surface area contributed by atoms with Crippen LogP contribution in [0.2, 0.25) is 0 Å². The fraction of sp³-hybridized carbons (Fsp3) is 0. The lowest BCUT2D eigenvalue weighted by atomic mass is 10.2. The van der Waals surface area contributed by atoms with Crippen LogP contribution >= 0.6 is 0 Å². The minimum atomic E-state index is -0.736. The van der Waals surface area contributed by atoms with Gasteiger partial charge in [-0.25, -0.2) is 0 Å². The highest BCUT2D eigenvalue weighted by Crippen LogP contribution is 2.20. The fourth-order valence-corrected chi connectivity index (χ4v) is 3.03. The zero-order chi connectivity index (χ0) is 22.2. The molecule has 0 atom stereocenters. The van der Waals surface area contributed by atoms with Gasteiger partial charge in [0.25, 0.3) is 0 Å². The van der Waals surface area contributed by atoms with Gasteiger partial charge < -0.3 is 21.3 Å². The third-order valence-electron chi connectivity index (χ3n) is 4.62. The number of rotatable bonds is 6. The van der Waals surface area contributed by atoms with E-state index in [2.05, 4.69) is 21.3 Å². The lowest BCUT2D eigenvalue weighted by Crippen LogP contribution is -2.29. The van der Waals surface area contributed by atoms with Crippen molar-refractivity contribution in [2.24, 2.45) is 0 Å². The zero-order valence-corrected chi connectivity index (χ0v) is 17.2. The second-order valence-corrected chi connectivity index (χ2v) is 7.04. The predicted molar refractivity (Wildman–Crippen MR) is 130 cm³/mol. The summed E-state index contributed by atoms with van der Waals surface area (Å²) >= 11 is 0. The van der Waals surface area contributed by atoms with Gasteiger partial charge in [-0.05, 0) is 72.8 Å². The highest BCUT2D eigenvalue weighted by Gasteiger charge is 2.14. The van der Waals surface area contributed by atoms with Gasteiger partial charge in [0, 0.05) is 34.1 Å². The van der Waals surface area contributed by atoms with Gasteiger partial charge >= 0.3 is 11.8 Å². The molecular formula is C26H22N4O2. The number of benzene rings is 4. The van der Waals surface area contributed by atoms with Crippen LogP contribution in [0, 0.1) is 0 Å². The fourth-order valence-electron chi connectivity index (χ4n) is 3.03. The first-order chi connectivity index (χ1) is 15.7. The third kappa shape index (κ3) is 5.73. The number of hydrogen-bond donors (Lipinski definition) is 4. The maximum Gasteiger partial charge on any atom is 0.314 e. The topological polar surface area (TPSA) is 82.3 Å². The van der Waals surface area contributed by atoms with E-state index in [1.807, 2.05) is 84.9 Å². The zero-order valence-electron chi connectivity index (χ0n) is 17.2. The van der Waals surface area contributed by atoms with Crippen molar-refractivity contribution < 1.29 is 9.59 Å². The van der Waals surface area contributed by atoms with E-state index in [4.69, 9.17) is 0 Å². The molecule has 0 heterocycles. The van der Waals surface area contributed by atoms with Crippen molar-refractivity contribution in [3.8, 4) is 0 Å². The van der Waals surface area contributed by atoms with E-state index in [1.54, 1.807) is 24.3 Å². The summed E-state index contributed by atoms with van der Waals surface area (Å²) in [6.07, 6.45) is 0. The Labute approximate surface area is 186 Å². The molecule has 0 fully saturated rings. The van der Waals surface area contributed by atoms with Crippen molar-refractivity contribution in [3.05, 3.63) is 109 Å². The standard InChI is InChI=1S/C26H22N4O2/c31-25(29-23-15-11-21(12-16-23)27-19-7-3-1-4-8-19)26(32)30-24-17-13-22(14-18-24)28-20-9-5-2-6-10-20/h1-18,27-28H,(H,29,31)(H,30,32). The van der Waals surface area contributed by atoms with Crippen LogP contribution in [0.4, 0.5) is 34.1 Å². The summed E-state index contributed by atoms with van der Waals surface area (Å²) in [6.45, 7) is 0. The molecular weight excluding hydrogens is 400 g/mol. The van der Waals surface area contributed by atoms with Gasteiger partial charge in [-0.1, -0.05) is 36.4 Å². The Morgan fingerprint density at radius 3 is 1.00 bits per heavy atom. The van der Waals surface area contributed by atoms with Crippen LogP contribution in [0.5, 0.6) is 0 Å². The molecule has 4 rings (SSSR count). The molecule has 0 spiro atoms. The Balaban J connectivity index is 1.29. The van der Waals surface area contributed by atoms with E-state index < -0.39 is 11.8 Å². The van der Waals surface area contributed by atoms with Crippen molar-refractivity contribution in [1.82, 2.24) is 0 Å². The van der Waals surface area contributed by atoms with Crippen molar-refractivity contribution in [2.45, 2.75) is 0 Å².